The van der Waals surface area contributed by atoms with Crippen LogP contribution in [0.4, 0.5) is 17.1 Å². The lowest BCUT2D eigenvalue weighted by Gasteiger charge is -2.27. The third-order valence-electron chi connectivity index (χ3n) is 10.4. The fraction of sp³-hybridized carbons (Fsp3) is 0. The molecule has 3 nitrogen and oxygen atoms in total. The van der Waals surface area contributed by atoms with Crippen LogP contribution < -0.4 is 4.90 Å². The van der Waals surface area contributed by atoms with E-state index in [0.717, 1.165) is 44.1 Å². The Morgan fingerprint density at radius 1 is 0.436 bits per heavy atom. The van der Waals surface area contributed by atoms with Crippen LogP contribution in [0, 0.1) is 0 Å². The molecule has 55 heavy (non-hydrogen) atoms. The highest BCUT2D eigenvalue weighted by Gasteiger charge is 2.23. The van der Waals surface area contributed by atoms with Crippen LogP contribution in [0.1, 0.15) is 11.0 Å². The van der Waals surface area contributed by atoms with Crippen LogP contribution in [-0.4, -0.2) is 4.57 Å². The Morgan fingerprint density at radius 3 is 1.53 bits per heavy atom. The van der Waals surface area contributed by atoms with Crippen LogP contribution in [0.2, 0.25) is 0 Å². The zero-order chi connectivity index (χ0) is 43.3. The Hall–Kier alpha value is -7.36. The summed E-state index contributed by atoms with van der Waals surface area (Å²) in [5.74, 6) is 0. The van der Waals surface area contributed by atoms with Gasteiger partial charge in [-0.05, 0) is 76.8 Å². The van der Waals surface area contributed by atoms with Crippen molar-refractivity contribution in [1.29, 1.82) is 0 Å². The maximum atomic E-state index is 10.4. The molecule has 0 saturated carbocycles. The molecule has 11 rings (SSSR count). The number of nitrogens with zero attached hydrogens (tertiary/aromatic N) is 2. The maximum Gasteiger partial charge on any atom is 0.143 e. The largest absolute Gasteiger partial charge is 0.455 e. The van der Waals surface area contributed by atoms with Gasteiger partial charge >= 0.3 is 0 Å². The summed E-state index contributed by atoms with van der Waals surface area (Å²) in [4.78, 5) is 1.84. The maximum absolute atomic E-state index is 10.4. The Balaban J connectivity index is 1.31. The van der Waals surface area contributed by atoms with Crippen LogP contribution in [0.15, 0.2) is 210 Å². The van der Waals surface area contributed by atoms with E-state index in [1.165, 1.54) is 0 Å². The van der Waals surface area contributed by atoms with Gasteiger partial charge in [-0.2, -0.15) is 0 Å². The first-order valence-corrected chi connectivity index (χ1v) is 18.1. The molecule has 9 aromatic carbocycles. The molecule has 0 N–H and O–H groups in total. The zero-order valence-corrected chi connectivity index (χ0v) is 29.3. The molecule has 0 amide bonds. The normalized spacial score (nSPS) is 13.7. The molecule has 11 aromatic rings. The van der Waals surface area contributed by atoms with Gasteiger partial charge in [0.1, 0.15) is 11.2 Å². The summed E-state index contributed by atoms with van der Waals surface area (Å²) in [5.41, 5.74) is 6.97. The lowest BCUT2D eigenvalue weighted by atomic mass is 10.00. The highest BCUT2D eigenvalue weighted by molar-refractivity contribution is 6.22. The van der Waals surface area contributed by atoms with Gasteiger partial charge < -0.3 is 13.9 Å². The van der Waals surface area contributed by atoms with Crippen LogP contribution in [0.5, 0.6) is 0 Å². The first-order chi connectivity index (χ1) is 30.6. The molecule has 0 fully saturated rings. The highest BCUT2D eigenvalue weighted by Crippen LogP contribution is 2.47. The Morgan fingerprint density at radius 2 is 0.945 bits per heavy atom. The highest BCUT2D eigenvalue weighted by atomic mass is 16.3. The molecule has 0 aliphatic heterocycles. The van der Waals surface area contributed by atoms with E-state index in [4.69, 9.17) is 8.53 Å². The predicted octanol–water partition coefficient (Wildman–Crippen LogP) is 14.6. The summed E-state index contributed by atoms with van der Waals surface area (Å²) in [6.07, 6.45) is 0. The van der Waals surface area contributed by atoms with Gasteiger partial charge in [0, 0.05) is 38.3 Å². The molecule has 0 unspecified atom stereocenters. The minimum atomic E-state index is -0.486. The van der Waals surface area contributed by atoms with Gasteiger partial charge in [0.2, 0.25) is 0 Å². The lowest BCUT2D eigenvalue weighted by Crippen LogP contribution is -2.10. The number of rotatable bonds is 6. The monoisotopic (exact) mass is 710 g/mol. The number of hydrogen-bond acceptors (Lipinski definition) is 2. The number of para-hydroxylation sites is 2. The zero-order valence-electron chi connectivity index (χ0n) is 37.3. The van der Waals surface area contributed by atoms with Crippen molar-refractivity contribution in [2.75, 3.05) is 4.90 Å². The molecule has 0 bridgehead atoms. The van der Waals surface area contributed by atoms with Crippen molar-refractivity contribution in [3.05, 3.63) is 206 Å². The average Bonchev–Trinajstić information content (AvgIpc) is 3.88. The molecule has 0 spiro atoms. The lowest BCUT2D eigenvalue weighted by molar-refractivity contribution is 0.672. The van der Waals surface area contributed by atoms with E-state index in [-0.39, 0.29) is 80.3 Å². The summed E-state index contributed by atoms with van der Waals surface area (Å²) >= 11 is 0. The molecular weight excluding hydrogens is 669 g/mol. The minimum absolute atomic E-state index is 0.0237. The van der Waals surface area contributed by atoms with E-state index in [2.05, 4.69) is 0 Å². The van der Waals surface area contributed by atoms with Gasteiger partial charge in [0.05, 0.1) is 38.8 Å². The van der Waals surface area contributed by atoms with Gasteiger partial charge in [0.25, 0.3) is 0 Å². The van der Waals surface area contributed by atoms with Crippen molar-refractivity contribution in [3.63, 3.8) is 0 Å². The first-order valence-electron chi connectivity index (χ1n) is 22.1. The second kappa shape index (κ2) is 12.6. The summed E-state index contributed by atoms with van der Waals surface area (Å²) in [6.45, 7) is 0. The molecule has 0 atom stereocenters. The minimum Gasteiger partial charge on any atom is -0.455 e. The van der Waals surface area contributed by atoms with Crippen molar-refractivity contribution in [1.82, 2.24) is 4.57 Å². The van der Waals surface area contributed by atoms with Gasteiger partial charge in [-0.15, -0.1) is 0 Å². The molecule has 0 radical (unpaired) electrons. The van der Waals surface area contributed by atoms with Crippen LogP contribution in [-0.2, 0) is 0 Å². The van der Waals surface area contributed by atoms with Gasteiger partial charge in [-0.1, -0.05) is 152 Å². The van der Waals surface area contributed by atoms with Crippen molar-refractivity contribution in [3.8, 4) is 27.9 Å². The number of furan rings is 1. The van der Waals surface area contributed by atoms with Gasteiger partial charge in [-0.25, -0.2) is 0 Å². The average molecular weight is 711 g/mol. The summed E-state index contributed by atoms with van der Waals surface area (Å²) < 4.78 is 83.5. The molecule has 0 saturated heterocycles. The smallest absolute Gasteiger partial charge is 0.143 e. The predicted molar refractivity (Wildman–Crippen MR) is 231 cm³/mol. The molecule has 258 valence electrons. The number of benzene rings is 9. The SMILES string of the molecule is [2H]c1c([2H])c(-n2c3ccccc3c3ccccc32)c2c(oc3c4c([2H])c([2H])c([2H])c([2H])c4c(N(c4ccc(-c5ccccc5)cc4)c4ccc(-c5ccccc5)cc4)c([2H])c32)c1[2H]. The third kappa shape index (κ3) is 5.05. The molecule has 2 heterocycles. The standard InChI is InChI=1S/C52H34N2O/c1-3-14-35(15-4-1)37-26-30-39(31-27-37)53(40-32-28-38(29-33-40)36-16-5-2-6-17-36)49-34-45-51-48(24-13-25-50(51)55-52(45)44-21-8-7-20-43(44)49)54-46-22-11-9-18-41(46)42-19-10-12-23-47(42)54/h1-34H/i7D,8D,13D,20D,21D,24D,25D,34D. The number of anilines is 3. The van der Waals surface area contributed by atoms with E-state index in [9.17, 15) is 6.85 Å². The summed E-state index contributed by atoms with van der Waals surface area (Å²) in [5, 5.41) is 2.27. The molecular formula is C52H34N2O. The van der Waals surface area contributed by atoms with Crippen LogP contribution in [0.25, 0.3) is 82.5 Å². The van der Waals surface area contributed by atoms with Gasteiger partial charge in [-0.3, -0.25) is 0 Å². The fourth-order valence-electron chi connectivity index (χ4n) is 7.86. The molecule has 0 aliphatic rings. The fourth-order valence-corrected chi connectivity index (χ4v) is 7.86. The number of hydrogen-bond donors (Lipinski definition) is 0. The molecule has 3 heteroatoms. The molecule has 2 aromatic heterocycles. The van der Waals surface area contributed by atoms with Crippen molar-refractivity contribution in [2.24, 2.45) is 0 Å². The van der Waals surface area contributed by atoms with E-state index < -0.39 is 12.1 Å². The van der Waals surface area contributed by atoms with E-state index in [1.807, 2.05) is 167 Å². The van der Waals surface area contributed by atoms with Crippen LogP contribution in [0.3, 0.4) is 0 Å². The number of aromatic nitrogens is 1. The van der Waals surface area contributed by atoms with E-state index in [0.29, 0.717) is 11.4 Å². The Bertz CT molecular complexity index is 3510. The van der Waals surface area contributed by atoms with E-state index >= 15 is 0 Å². The second-order valence-electron chi connectivity index (χ2n) is 13.5. The Labute approximate surface area is 329 Å². The Kier molecular flexibility index (Phi) is 5.53. The summed E-state index contributed by atoms with van der Waals surface area (Å²) in [7, 11) is 0. The topological polar surface area (TPSA) is 21.3 Å². The van der Waals surface area contributed by atoms with Gasteiger partial charge in [0.15, 0.2) is 0 Å². The van der Waals surface area contributed by atoms with Crippen molar-refractivity contribution < 1.29 is 15.4 Å². The quantitative estimate of drug-likeness (QED) is 0.171. The third-order valence-corrected chi connectivity index (χ3v) is 10.4. The first kappa shape index (κ1) is 24.1. The van der Waals surface area contributed by atoms with Crippen molar-refractivity contribution >= 4 is 71.6 Å². The second-order valence-corrected chi connectivity index (χ2v) is 13.5. The van der Waals surface area contributed by atoms with Crippen molar-refractivity contribution in [2.45, 2.75) is 0 Å². The number of fused-ring (bicyclic) bond motifs is 8. The van der Waals surface area contributed by atoms with E-state index in [1.54, 1.807) is 0 Å². The molecule has 0 aliphatic carbocycles. The summed E-state index contributed by atoms with van der Waals surface area (Å²) in [6, 6.07) is 48.3. The van der Waals surface area contributed by atoms with Crippen LogP contribution >= 0.6 is 0 Å².